The second-order valence-electron chi connectivity index (χ2n) is 6.40. The molecule has 3 rings (SSSR count). The van der Waals surface area contributed by atoms with E-state index >= 15 is 0 Å². The second kappa shape index (κ2) is 7.88. The minimum atomic E-state index is -0.654. The van der Waals surface area contributed by atoms with Crippen LogP contribution >= 0.6 is 0 Å². The molecular weight excluding hydrogens is 338 g/mol. The summed E-state index contributed by atoms with van der Waals surface area (Å²) in [5.74, 6) is -0.386. The number of carbonyl (C=O) groups excluding carboxylic acids is 1. The molecule has 0 radical (unpaired) electrons. The Hall–Kier alpha value is -3.39. The lowest BCUT2D eigenvalue weighted by molar-refractivity contribution is -0.141. The minimum absolute atomic E-state index is 0.376. The topological polar surface area (TPSA) is 67.9 Å². The number of ether oxygens (including phenoxy) is 1. The highest BCUT2D eigenvalue weighted by atomic mass is 16.5. The van der Waals surface area contributed by atoms with E-state index in [-0.39, 0.29) is 5.97 Å². The van der Waals surface area contributed by atoms with Crippen molar-refractivity contribution in [3.05, 3.63) is 88.5 Å². The first-order valence-corrected chi connectivity index (χ1v) is 8.70. The highest BCUT2D eigenvalue weighted by Gasteiger charge is 2.30. The summed E-state index contributed by atoms with van der Waals surface area (Å²) in [4.78, 5) is 17.3. The van der Waals surface area contributed by atoms with Crippen molar-refractivity contribution in [3.63, 3.8) is 0 Å². The van der Waals surface area contributed by atoms with Crippen LogP contribution in [0.5, 0.6) is 0 Å². The van der Waals surface area contributed by atoms with Crippen molar-refractivity contribution in [3.8, 4) is 6.07 Å². The lowest BCUT2D eigenvalue weighted by Gasteiger charge is -2.18. The van der Waals surface area contributed by atoms with Crippen LogP contribution in [0.2, 0.25) is 0 Å². The number of nitriles is 1. The maximum Gasteiger partial charge on any atom is 0.320 e. The van der Waals surface area contributed by atoms with Gasteiger partial charge in [0.05, 0.1) is 24.4 Å². The van der Waals surface area contributed by atoms with Crippen LogP contribution in [0.25, 0.3) is 0 Å². The van der Waals surface area contributed by atoms with E-state index in [2.05, 4.69) is 10.6 Å². The predicted molar refractivity (Wildman–Crippen MR) is 102 cm³/mol. The van der Waals surface area contributed by atoms with Gasteiger partial charge in [-0.3, -0.25) is 4.79 Å². The lowest BCUT2D eigenvalue weighted by Crippen LogP contribution is -2.21. The van der Waals surface area contributed by atoms with Gasteiger partial charge in [-0.25, -0.2) is 4.98 Å². The Kier molecular flexibility index (Phi) is 5.37. The molecule has 0 fully saturated rings. The molecule has 136 valence electrons. The van der Waals surface area contributed by atoms with E-state index in [0.717, 1.165) is 22.5 Å². The third-order valence-electron chi connectivity index (χ3n) is 4.74. The number of aryl methyl sites for hydroxylation is 1. The third kappa shape index (κ3) is 3.75. The summed E-state index contributed by atoms with van der Waals surface area (Å²) in [7, 11) is 1.38. The summed E-state index contributed by atoms with van der Waals surface area (Å²) < 4.78 is 7.13. The number of imidazole rings is 1. The molecule has 1 unspecified atom stereocenters. The number of hydrogen-bond acceptors (Lipinski definition) is 4. The van der Waals surface area contributed by atoms with Crippen molar-refractivity contribution >= 4 is 5.97 Å². The van der Waals surface area contributed by atoms with Crippen molar-refractivity contribution < 1.29 is 9.53 Å². The zero-order chi connectivity index (χ0) is 19.4. The SMILES string of the molecule is COC(=O)C(c1ccc(C#N)cc1)c1nc(C)c(C)n1Cc1ccccc1. The number of rotatable bonds is 5. The summed E-state index contributed by atoms with van der Waals surface area (Å²) in [5.41, 5.74) is 4.31. The zero-order valence-electron chi connectivity index (χ0n) is 15.6. The fraction of sp³-hybridized carbons (Fsp3) is 0.227. The molecule has 0 saturated heterocycles. The average molecular weight is 359 g/mol. The average Bonchev–Trinajstić information content (AvgIpc) is 2.97. The van der Waals surface area contributed by atoms with E-state index in [1.807, 2.05) is 44.2 Å². The van der Waals surface area contributed by atoms with Gasteiger partial charge >= 0.3 is 5.97 Å². The number of aromatic nitrogens is 2. The molecule has 1 atom stereocenters. The van der Waals surface area contributed by atoms with Gasteiger partial charge in [0.1, 0.15) is 11.7 Å². The molecule has 1 heterocycles. The largest absolute Gasteiger partial charge is 0.468 e. The van der Waals surface area contributed by atoms with Crippen LogP contribution in [0.3, 0.4) is 0 Å². The van der Waals surface area contributed by atoms with Crippen LogP contribution < -0.4 is 0 Å². The molecule has 27 heavy (non-hydrogen) atoms. The molecule has 1 aromatic heterocycles. The van der Waals surface area contributed by atoms with Gasteiger partial charge in [-0.2, -0.15) is 5.26 Å². The molecule has 5 nitrogen and oxygen atoms in total. The number of methoxy groups -OCH3 is 1. The van der Waals surface area contributed by atoms with E-state index in [9.17, 15) is 4.79 Å². The van der Waals surface area contributed by atoms with Crippen molar-refractivity contribution in [1.82, 2.24) is 9.55 Å². The van der Waals surface area contributed by atoms with Crippen molar-refractivity contribution in [2.24, 2.45) is 0 Å². The van der Waals surface area contributed by atoms with Crippen molar-refractivity contribution in [2.75, 3.05) is 7.11 Å². The summed E-state index contributed by atoms with van der Waals surface area (Å²) in [6.07, 6.45) is 0. The van der Waals surface area contributed by atoms with Crippen LogP contribution in [0, 0.1) is 25.2 Å². The Labute approximate surface area is 158 Å². The Morgan fingerprint density at radius 3 is 2.41 bits per heavy atom. The molecule has 0 spiro atoms. The molecule has 0 aliphatic carbocycles. The van der Waals surface area contributed by atoms with Crippen LogP contribution in [0.4, 0.5) is 0 Å². The van der Waals surface area contributed by atoms with E-state index in [1.54, 1.807) is 24.3 Å². The Balaban J connectivity index is 2.10. The number of carbonyl (C=O) groups is 1. The van der Waals surface area contributed by atoms with E-state index < -0.39 is 5.92 Å². The van der Waals surface area contributed by atoms with Crippen molar-refractivity contribution in [1.29, 1.82) is 5.26 Å². The molecule has 5 heteroatoms. The Morgan fingerprint density at radius 1 is 1.15 bits per heavy atom. The normalized spacial score (nSPS) is 11.6. The van der Waals surface area contributed by atoms with Gasteiger partial charge in [0.15, 0.2) is 0 Å². The molecule has 0 saturated carbocycles. The fourth-order valence-corrected chi connectivity index (χ4v) is 3.12. The molecular formula is C22H21N3O2. The first-order chi connectivity index (χ1) is 13.0. The smallest absolute Gasteiger partial charge is 0.320 e. The molecule has 0 N–H and O–H groups in total. The van der Waals surface area contributed by atoms with Gasteiger partial charge in [0.25, 0.3) is 0 Å². The highest BCUT2D eigenvalue weighted by molar-refractivity contribution is 5.81. The maximum atomic E-state index is 12.7. The van der Waals surface area contributed by atoms with E-state index in [0.29, 0.717) is 17.9 Å². The first kappa shape index (κ1) is 18.4. The monoisotopic (exact) mass is 359 g/mol. The van der Waals surface area contributed by atoms with Gasteiger partial charge in [-0.1, -0.05) is 42.5 Å². The van der Waals surface area contributed by atoms with Gasteiger partial charge in [0, 0.05) is 12.2 Å². The van der Waals surface area contributed by atoms with E-state index in [4.69, 9.17) is 15.0 Å². The minimum Gasteiger partial charge on any atom is -0.468 e. The van der Waals surface area contributed by atoms with Crippen LogP contribution in [-0.4, -0.2) is 22.6 Å². The number of nitrogens with zero attached hydrogens (tertiary/aromatic N) is 3. The number of hydrogen-bond donors (Lipinski definition) is 0. The summed E-state index contributed by atoms with van der Waals surface area (Å²) >= 11 is 0. The third-order valence-corrected chi connectivity index (χ3v) is 4.74. The number of benzene rings is 2. The molecule has 3 aromatic rings. The van der Waals surface area contributed by atoms with Gasteiger partial charge in [0.2, 0.25) is 0 Å². The van der Waals surface area contributed by atoms with Gasteiger partial charge in [-0.15, -0.1) is 0 Å². The second-order valence-corrected chi connectivity index (χ2v) is 6.40. The fourth-order valence-electron chi connectivity index (χ4n) is 3.12. The lowest BCUT2D eigenvalue weighted by atomic mass is 9.97. The maximum absolute atomic E-state index is 12.7. The molecule has 0 aliphatic rings. The van der Waals surface area contributed by atoms with Crippen molar-refractivity contribution in [2.45, 2.75) is 26.3 Å². The molecule has 2 aromatic carbocycles. The van der Waals surface area contributed by atoms with Crippen LogP contribution in [0.15, 0.2) is 54.6 Å². The zero-order valence-corrected chi connectivity index (χ0v) is 15.6. The first-order valence-electron chi connectivity index (χ1n) is 8.70. The summed E-state index contributed by atoms with van der Waals surface area (Å²) in [6.45, 7) is 4.56. The van der Waals surface area contributed by atoms with Gasteiger partial charge in [-0.05, 0) is 37.1 Å². The highest BCUT2D eigenvalue weighted by Crippen LogP contribution is 2.28. The summed E-state index contributed by atoms with van der Waals surface area (Å²) in [5, 5.41) is 9.03. The Bertz CT molecular complexity index is 983. The standard InChI is InChI=1S/C22H21N3O2/c1-15-16(2)25(14-18-7-5-4-6-8-18)21(24-15)20(22(26)27-3)19-11-9-17(13-23)10-12-19/h4-12,20H,14H2,1-3H3. The predicted octanol–water partition coefficient (Wildman–Crippen LogP) is 3.72. The Morgan fingerprint density at radius 2 is 1.81 bits per heavy atom. The summed E-state index contributed by atoms with van der Waals surface area (Å²) in [6, 6.07) is 19.1. The van der Waals surface area contributed by atoms with Crippen LogP contribution in [0.1, 0.15) is 39.8 Å². The number of esters is 1. The van der Waals surface area contributed by atoms with Gasteiger partial charge < -0.3 is 9.30 Å². The molecule has 0 amide bonds. The molecule has 0 bridgehead atoms. The molecule has 0 aliphatic heterocycles. The quantitative estimate of drug-likeness (QED) is 0.651. The van der Waals surface area contributed by atoms with Crippen LogP contribution in [-0.2, 0) is 16.1 Å². The van der Waals surface area contributed by atoms with E-state index in [1.165, 1.54) is 7.11 Å².